The number of imidazole rings is 2. The molecular formula is C43H65N9O7S. The number of carbonyl (C=O) groups excluding carboxylic acids is 5. The summed E-state index contributed by atoms with van der Waals surface area (Å²) in [5.74, 6) is 2.20. The average molecular weight is 852 g/mol. The molecule has 3 aromatic heterocycles. The second-order valence-electron chi connectivity index (χ2n) is 13.0. The van der Waals surface area contributed by atoms with E-state index >= 15 is 0 Å². The summed E-state index contributed by atoms with van der Waals surface area (Å²) >= 11 is 1.66. The molecule has 0 saturated heterocycles. The molecule has 0 aliphatic heterocycles. The Labute approximate surface area is 358 Å². The van der Waals surface area contributed by atoms with Crippen LogP contribution in [0.15, 0.2) is 79.3 Å². The Morgan fingerprint density at radius 3 is 1.88 bits per heavy atom. The molecule has 5 aromatic rings. The Morgan fingerprint density at radius 2 is 1.43 bits per heavy atom. The van der Waals surface area contributed by atoms with Crippen LogP contribution >= 0.6 is 11.3 Å². The van der Waals surface area contributed by atoms with Crippen molar-refractivity contribution in [2.24, 2.45) is 11.7 Å². The monoisotopic (exact) mass is 851 g/mol. The van der Waals surface area contributed by atoms with Crippen LogP contribution in [0.4, 0.5) is 5.82 Å². The van der Waals surface area contributed by atoms with E-state index in [2.05, 4.69) is 92.0 Å². The van der Waals surface area contributed by atoms with Crippen molar-refractivity contribution in [3.8, 4) is 21.7 Å². The Kier molecular flexibility index (Phi) is 30.7. The summed E-state index contributed by atoms with van der Waals surface area (Å²) in [5.41, 5.74) is 7.35. The molecule has 5 N–H and O–H groups in total. The number of aromatic amines is 1. The number of nitrogens with zero attached hydrogens (tertiary/aromatic N) is 5. The van der Waals surface area contributed by atoms with E-state index in [9.17, 15) is 14.4 Å². The van der Waals surface area contributed by atoms with Gasteiger partial charge in [-0.05, 0) is 36.9 Å². The van der Waals surface area contributed by atoms with Gasteiger partial charge in [0, 0.05) is 47.0 Å². The maximum atomic E-state index is 12.6. The highest BCUT2D eigenvalue weighted by Gasteiger charge is 2.17. The van der Waals surface area contributed by atoms with Gasteiger partial charge in [-0.15, -0.1) is 0 Å². The lowest BCUT2D eigenvalue weighted by Gasteiger charge is -2.22. The van der Waals surface area contributed by atoms with Gasteiger partial charge in [0.2, 0.25) is 18.2 Å². The first-order valence-electron chi connectivity index (χ1n) is 19.4. The standard InChI is InChI=1S/C24H30N6OS.C8H16N2O2.C6H6.C2H4O2.C2H6O.CH3NO/c1-5-10-29(23(31)11-16(2)3)15-22-26-12-19(27-22)17-6-8-18(9-7-17)20-13-30-14-21(25-4)28-24(30)32-20;1-3-4-10(5-6-11)8(12)7-9-2;1-2-4-6-5-3-1;1-4-2-3;1-3-2;2-1-3/h6-9,12-14,16,25H,5,10-11,15H2,1-4H3,(H,26,27);6,9H,3-5,7H2,1-2H3;1-6H;2H,1H3;1-2H3;1H,(H2,2,3). The highest BCUT2D eigenvalue weighted by atomic mass is 32.1. The molecule has 3 heterocycles. The van der Waals surface area contributed by atoms with Gasteiger partial charge in [-0.25, -0.2) is 9.97 Å². The number of likely N-dealkylation sites (N-methyl/N-ethyl adjacent to an activating group) is 1. The first-order valence-corrected chi connectivity index (χ1v) is 20.3. The van der Waals surface area contributed by atoms with Crippen LogP contribution in [0, 0.1) is 5.92 Å². The summed E-state index contributed by atoms with van der Waals surface area (Å²) in [7, 11) is 8.15. The zero-order chi connectivity index (χ0) is 45.1. The number of benzene rings is 2. The van der Waals surface area contributed by atoms with E-state index < -0.39 is 0 Å². The topological polar surface area (TPSA) is 206 Å². The summed E-state index contributed by atoms with van der Waals surface area (Å²) in [5, 5.41) is 5.82. The summed E-state index contributed by atoms with van der Waals surface area (Å²) in [6, 6.07) is 20.4. The molecule has 0 aliphatic rings. The Hall–Kier alpha value is -5.91. The highest BCUT2D eigenvalue weighted by molar-refractivity contribution is 7.20. The van der Waals surface area contributed by atoms with Crippen molar-refractivity contribution in [1.29, 1.82) is 0 Å². The van der Waals surface area contributed by atoms with Crippen LogP contribution in [0.3, 0.4) is 0 Å². The lowest BCUT2D eigenvalue weighted by molar-refractivity contribution is -0.133. The number of aldehydes is 1. The third kappa shape index (κ3) is 22.3. The summed E-state index contributed by atoms with van der Waals surface area (Å²) < 4.78 is 10.2. The van der Waals surface area contributed by atoms with Crippen molar-refractivity contribution >= 4 is 53.1 Å². The minimum Gasteiger partial charge on any atom is -0.471 e. The van der Waals surface area contributed by atoms with E-state index in [4.69, 9.17) is 9.59 Å². The number of nitrogens with two attached hydrogens (primary N) is 1. The van der Waals surface area contributed by atoms with Crippen LogP contribution in [-0.2, 0) is 40.0 Å². The molecule has 0 radical (unpaired) electrons. The summed E-state index contributed by atoms with van der Waals surface area (Å²) in [4.78, 5) is 69.5. The quantitative estimate of drug-likeness (QED) is 0.0878. The smallest absolute Gasteiger partial charge is 0.292 e. The molecule has 17 heteroatoms. The van der Waals surface area contributed by atoms with Crippen LogP contribution in [0.2, 0.25) is 0 Å². The van der Waals surface area contributed by atoms with E-state index in [-0.39, 0.29) is 24.8 Å². The number of methoxy groups -OCH3 is 2. The van der Waals surface area contributed by atoms with Gasteiger partial charge >= 0.3 is 0 Å². The molecule has 0 unspecified atom stereocenters. The molecule has 2 aromatic carbocycles. The predicted molar refractivity (Wildman–Crippen MR) is 240 cm³/mol. The fraction of sp³-hybridized carbons (Fsp3) is 0.419. The fourth-order valence-electron chi connectivity index (χ4n) is 5.00. The van der Waals surface area contributed by atoms with Crippen molar-refractivity contribution in [1.82, 2.24) is 34.5 Å². The molecule has 3 amide bonds. The Balaban J connectivity index is 0.00000101. The molecule has 16 nitrogen and oxygen atoms in total. The zero-order valence-corrected chi connectivity index (χ0v) is 37.4. The molecule has 330 valence electrons. The zero-order valence-electron chi connectivity index (χ0n) is 36.6. The largest absolute Gasteiger partial charge is 0.471 e. The lowest BCUT2D eigenvalue weighted by Crippen LogP contribution is -2.38. The molecule has 0 spiro atoms. The van der Waals surface area contributed by atoms with E-state index in [1.807, 2.05) is 72.1 Å². The fourth-order valence-corrected chi connectivity index (χ4v) is 5.97. The Bertz CT molecular complexity index is 1810. The normalized spacial score (nSPS) is 9.63. The predicted octanol–water partition coefficient (Wildman–Crippen LogP) is 5.76. The number of hydrogen-bond donors (Lipinski definition) is 4. The number of thiazole rings is 1. The number of hydrogen-bond acceptors (Lipinski definition) is 12. The van der Waals surface area contributed by atoms with Crippen molar-refractivity contribution in [2.75, 3.05) is 66.9 Å². The van der Waals surface area contributed by atoms with Crippen LogP contribution in [0.25, 0.3) is 26.7 Å². The van der Waals surface area contributed by atoms with Crippen LogP contribution in [0.1, 0.15) is 52.8 Å². The van der Waals surface area contributed by atoms with Crippen molar-refractivity contribution in [3.05, 3.63) is 85.1 Å². The number of ether oxygens (including phenoxy) is 2. The molecule has 5 rings (SSSR count). The Morgan fingerprint density at radius 1 is 0.900 bits per heavy atom. The molecule has 0 atom stereocenters. The van der Waals surface area contributed by atoms with Crippen LogP contribution < -0.4 is 16.4 Å². The van der Waals surface area contributed by atoms with E-state index in [0.29, 0.717) is 38.4 Å². The first kappa shape index (κ1) is 54.1. The number of aromatic nitrogens is 4. The second-order valence-corrected chi connectivity index (χ2v) is 14.0. The minimum atomic E-state index is -0.0218. The van der Waals surface area contributed by atoms with Gasteiger partial charge in [-0.3, -0.25) is 23.6 Å². The van der Waals surface area contributed by atoms with Gasteiger partial charge in [0.25, 0.3) is 6.47 Å². The van der Waals surface area contributed by atoms with Gasteiger partial charge in [-0.2, -0.15) is 0 Å². The van der Waals surface area contributed by atoms with Crippen molar-refractivity contribution in [3.63, 3.8) is 0 Å². The molecule has 0 aliphatic carbocycles. The third-order valence-corrected chi connectivity index (χ3v) is 8.57. The summed E-state index contributed by atoms with van der Waals surface area (Å²) in [6.07, 6.45) is 9.32. The average Bonchev–Trinajstić information content (AvgIpc) is 3.99. The highest BCUT2D eigenvalue weighted by Crippen LogP contribution is 2.31. The SMILES string of the molecule is CCCN(CC=O)C(=O)CNC.CCCN(Cc1ncc(-c2ccc(-c3cn4cc(NC)nc4s3)cc2)[nH]1)C(=O)CC(C)C.COC.COC=O.NC=O.c1ccccc1. The van der Waals surface area contributed by atoms with Gasteiger partial charge in [0.15, 0.2) is 4.96 Å². The number of carbonyl (C=O) groups is 5. The first-order chi connectivity index (χ1) is 29.0. The minimum absolute atomic E-state index is 0.0218. The number of primary amides is 1. The molecule has 0 saturated carbocycles. The molecule has 0 fully saturated rings. The second kappa shape index (κ2) is 34.0. The molecule has 0 bridgehead atoms. The number of fused-ring (bicyclic) bond motifs is 1. The maximum Gasteiger partial charge on any atom is 0.292 e. The number of rotatable bonds is 16. The van der Waals surface area contributed by atoms with Crippen LogP contribution in [0.5, 0.6) is 0 Å². The third-order valence-electron chi connectivity index (χ3n) is 7.52. The molecule has 60 heavy (non-hydrogen) atoms. The number of nitrogens with one attached hydrogen (secondary N) is 3. The maximum absolute atomic E-state index is 12.6. The van der Waals surface area contributed by atoms with Gasteiger partial charge in [-0.1, -0.05) is 99.7 Å². The number of amides is 3. The summed E-state index contributed by atoms with van der Waals surface area (Å²) in [6.45, 7) is 11.0. The van der Waals surface area contributed by atoms with E-state index in [0.717, 1.165) is 59.1 Å². The number of anilines is 1. The van der Waals surface area contributed by atoms with Gasteiger partial charge in [0.05, 0.1) is 49.7 Å². The lowest BCUT2D eigenvalue weighted by atomic mass is 10.1. The van der Waals surface area contributed by atoms with Gasteiger partial charge < -0.3 is 45.4 Å². The van der Waals surface area contributed by atoms with Crippen molar-refractivity contribution in [2.45, 2.75) is 53.5 Å². The molecular weight excluding hydrogens is 787 g/mol. The van der Waals surface area contributed by atoms with E-state index in [1.165, 1.54) is 12.0 Å². The van der Waals surface area contributed by atoms with Crippen molar-refractivity contribution < 1.29 is 33.4 Å². The van der Waals surface area contributed by atoms with E-state index in [1.54, 1.807) is 37.5 Å². The van der Waals surface area contributed by atoms with Crippen LogP contribution in [-0.4, -0.2) is 122 Å². The number of H-pyrrole nitrogens is 1. The van der Waals surface area contributed by atoms with Gasteiger partial charge in [0.1, 0.15) is 17.9 Å².